The SMILES string of the molecule is O=C(CNC(=O)Nc1cccc2ccccc12)Nc1ccc(Br)cc1. The highest BCUT2D eigenvalue weighted by Gasteiger charge is 2.08. The third-order valence-electron chi connectivity index (χ3n) is 3.58. The summed E-state index contributed by atoms with van der Waals surface area (Å²) in [6.07, 6.45) is 0. The summed E-state index contributed by atoms with van der Waals surface area (Å²) >= 11 is 3.33. The molecule has 0 radical (unpaired) electrons. The molecule has 0 aliphatic heterocycles. The highest BCUT2D eigenvalue weighted by Crippen LogP contribution is 2.22. The maximum atomic E-state index is 12.0. The van der Waals surface area contributed by atoms with E-state index in [0.29, 0.717) is 11.4 Å². The van der Waals surface area contributed by atoms with Gasteiger partial charge in [0.05, 0.1) is 12.2 Å². The van der Waals surface area contributed by atoms with E-state index in [4.69, 9.17) is 0 Å². The first kappa shape index (κ1) is 17.0. The van der Waals surface area contributed by atoms with Crippen LogP contribution in [0.5, 0.6) is 0 Å². The lowest BCUT2D eigenvalue weighted by Gasteiger charge is -2.10. The van der Waals surface area contributed by atoms with Gasteiger partial charge in [0.1, 0.15) is 0 Å². The van der Waals surface area contributed by atoms with Crippen molar-refractivity contribution in [3.05, 3.63) is 71.2 Å². The molecule has 0 bridgehead atoms. The topological polar surface area (TPSA) is 70.2 Å². The molecule has 5 nitrogen and oxygen atoms in total. The minimum Gasteiger partial charge on any atom is -0.329 e. The van der Waals surface area contributed by atoms with Gasteiger partial charge in [0.25, 0.3) is 0 Å². The maximum Gasteiger partial charge on any atom is 0.319 e. The first-order valence-corrected chi connectivity index (χ1v) is 8.49. The minimum atomic E-state index is -0.428. The number of anilines is 2. The monoisotopic (exact) mass is 397 g/mol. The number of fused-ring (bicyclic) bond motifs is 1. The molecule has 3 amide bonds. The Morgan fingerprint density at radius 3 is 2.36 bits per heavy atom. The van der Waals surface area contributed by atoms with Crippen molar-refractivity contribution in [1.82, 2.24) is 5.32 Å². The predicted molar refractivity (Wildman–Crippen MR) is 104 cm³/mol. The van der Waals surface area contributed by atoms with Crippen LogP contribution in [0.3, 0.4) is 0 Å². The van der Waals surface area contributed by atoms with Crippen molar-refractivity contribution in [3.63, 3.8) is 0 Å². The highest BCUT2D eigenvalue weighted by atomic mass is 79.9. The van der Waals surface area contributed by atoms with Crippen LogP contribution in [0.4, 0.5) is 16.2 Å². The Balaban J connectivity index is 1.55. The van der Waals surface area contributed by atoms with E-state index >= 15 is 0 Å². The predicted octanol–water partition coefficient (Wildman–Crippen LogP) is 4.36. The van der Waals surface area contributed by atoms with E-state index in [1.807, 2.05) is 54.6 Å². The molecule has 0 aromatic heterocycles. The molecule has 3 aromatic carbocycles. The molecule has 0 atom stereocenters. The smallest absolute Gasteiger partial charge is 0.319 e. The average molecular weight is 398 g/mol. The number of nitrogens with one attached hydrogen (secondary N) is 3. The molecule has 3 N–H and O–H groups in total. The minimum absolute atomic E-state index is 0.118. The second-order valence-electron chi connectivity index (χ2n) is 5.39. The third-order valence-corrected chi connectivity index (χ3v) is 4.10. The van der Waals surface area contributed by atoms with E-state index in [0.717, 1.165) is 15.2 Å². The molecule has 126 valence electrons. The summed E-state index contributed by atoms with van der Waals surface area (Å²) in [6.45, 7) is -0.118. The summed E-state index contributed by atoms with van der Waals surface area (Å²) in [4.78, 5) is 24.0. The fraction of sp³-hybridized carbons (Fsp3) is 0.0526. The van der Waals surface area contributed by atoms with Gasteiger partial charge in [-0.15, -0.1) is 0 Å². The summed E-state index contributed by atoms with van der Waals surface area (Å²) in [5.74, 6) is -0.296. The molecule has 25 heavy (non-hydrogen) atoms. The van der Waals surface area contributed by atoms with Crippen molar-refractivity contribution in [1.29, 1.82) is 0 Å². The van der Waals surface area contributed by atoms with E-state index < -0.39 is 6.03 Å². The Hall–Kier alpha value is -2.86. The van der Waals surface area contributed by atoms with Crippen LogP contribution in [-0.2, 0) is 4.79 Å². The van der Waals surface area contributed by atoms with Crippen molar-refractivity contribution >= 4 is 50.0 Å². The zero-order valence-corrected chi connectivity index (χ0v) is 14.8. The van der Waals surface area contributed by atoms with Gasteiger partial charge in [0.2, 0.25) is 5.91 Å². The van der Waals surface area contributed by atoms with E-state index in [2.05, 4.69) is 31.9 Å². The van der Waals surface area contributed by atoms with Gasteiger partial charge >= 0.3 is 6.03 Å². The Labute approximate surface area is 153 Å². The van der Waals surface area contributed by atoms with Crippen LogP contribution in [0.1, 0.15) is 0 Å². The number of rotatable bonds is 4. The number of carbonyl (C=O) groups is 2. The second-order valence-corrected chi connectivity index (χ2v) is 6.31. The number of urea groups is 1. The molecule has 0 saturated heterocycles. The van der Waals surface area contributed by atoms with Gasteiger partial charge in [-0.3, -0.25) is 4.79 Å². The first-order valence-electron chi connectivity index (χ1n) is 7.70. The van der Waals surface area contributed by atoms with Crippen LogP contribution < -0.4 is 16.0 Å². The summed E-state index contributed by atoms with van der Waals surface area (Å²) in [5.41, 5.74) is 1.37. The Morgan fingerprint density at radius 1 is 0.840 bits per heavy atom. The Morgan fingerprint density at radius 2 is 1.56 bits per heavy atom. The molecule has 0 unspecified atom stereocenters. The summed E-state index contributed by atoms with van der Waals surface area (Å²) in [5, 5.41) is 10.0. The number of benzene rings is 3. The third kappa shape index (κ3) is 4.58. The molecule has 0 spiro atoms. The van der Waals surface area contributed by atoms with E-state index in [-0.39, 0.29) is 12.5 Å². The highest BCUT2D eigenvalue weighted by molar-refractivity contribution is 9.10. The standard InChI is InChI=1S/C19H16BrN3O2/c20-14-8-10-15(11-9-14)22-18(24)12-21-19(25)23-17-7-3-5-13-4-1-2-6-16(13)17/h1-11H,12H2,(H,22,24)(H2,21,23,25). The second kappa shape index (κ2) is 7.81. The van der Waals surface area contributed by atoms with E-state index in [1.54, 1.807) is 12.1 Å². The van der Waals surface area contributed by atoms with Crippen LogP contribution >= 0.6 is 15.9 Å². The van der Waals surface area contributed by atoms with E-state index in [1.165, 1.54) is 0 Å². The number of amides is 3. The zero-order valence-electron chi connectivity index (χ0n) is 13.3. The lowest BCUT2D eigenvalue weighted by atomic mass is 10.1. The van der Waals surface area contributed by atoms with Gasteiger partial charge in [0, 0.05) is 15.5 Å². The first-order chi connectivity index (χ1) is 12.1. The molecule has 0 fully saturated rings. The quantitative estimate of drug-likeness (QED) is 0.611. The van der Waals surface area contributed by atoms with E-state index in [9.17, 15) is 9.59 Å². The lowest BCUT2D eigenvalue weighted by Crippen LogP contribution is -2.35. The van der Waals surface area contributed by atoms with Crippen LogP contribution in [0.25, 0.3) is 10.8 Å². The van der Waals surface area contributed by atoms with Crippen molar-refractivity contribution in [2.45, 2.75) is 0 Å². The summed E-state index contributed by atoms with van der Waals surface area (Å²) in [7, 11) is 0. The molecular formula is C19H16BrN3O2. The van der Waals surface area contributed by atoms with Gasteiger partial charge in [-0.2, -0.15) is 0 Å². The van der Waals surface area contributed by atoms with Gasteiger partial charge in [-0.25, -0.2) is 4.79 Å². The molecule has 0 aliphatic carbocycles. The Bertz CT molecular complexity index is 905. The molecule has 0 heterocycles. The zero-order chi connectivity index (χ0) is 17.6. The molecular weight excluding hydrogens is 382 g/mol. The van der Waals surface area contributed by atoms with Gasteiger partial charge < -0.3 is 16.0 Å². The fourth-order valence-corrected chi connectivity index (χ4v) is 2.66. The number of hydrogen-bond acceptors (Lipinski definition) is 2. The largest absolute Gasteiger partial charge is 0.329 e. The molecule has 3 rings (SSSR count). The van der Waals surface area contributed by atoms with Crippen LogP contribution in [-0.4, -0.2) is 18.5 Å². The van der Waals surface area contributed by atoms with Crippen molar-refractivity contribution in [3.8, 4) is 0 Å². The van der Waals surface area contributed by atoms with Gasteiger partial charge in [0.15, 0.2) is 0 Å². The van der Waals surface area contributed by atoms with Gasteiger partial charge in [-0.05, 0) is 35.7 Å². The van der Waals surface area contributed by atoms with Crippen molar-refractivity contribution in [2.75, 3.05) is 17.2 Å². The van der Waals surface area contributed by atoms with Crippen molar-refractivity contribution < 1.29 is 9.59 Å². The fourth-order valence-electron chi connectivity index (χ4n) is 2.40. The van der Waals surface area contributed by atoms with Crippen LogP contribution in [0.15, 0.2) is 71.2 Å². The summed E-state index contributed by atoms with van der Waals surface area (Å²) < 4.78 is 0.929. The molecule has 6 heteroatoms. The van der Waals surface area contributed by atoms with Crippen LogP contribution in [0, 0.1) is 0 Å². The number of hydrogen-bond donors (Lipinski definition) is 3. The number of carbonyl (C=O) groups excluding carboxylic acids is 2. The normalized spacial score (nSPS) is 10.3. The van der Waals surface area contributed by atoms with Gasteiger partial charge in [-0.1, -0.05) is 52.3 Å². The summed E-state index contributed by atoms with van der Waals surface area (Å²) in [6, 6.07) is 20.2. The lowest BCUT2D eigenvalue weighted by molar-refractivity contribution is -0.115. The van der Waals surface area contributed by atoms with Crippen molar-refractivity contribution in [2.24, 2.45) is 0 Å². The molecule has 0 saturated carbocycles. The maximum absolute atomic E-state index is 12.0. The number of halogens is 1. The van der Waals surface area contributed by atoms with Crippen LogP contribution in [0.2, 0.25) is 0 Å². The average Bonchev–Trinajstić information content (AvgIpc) is 2.62. The Kier molecular flexibility index (Phi) is 5.30. The molecule has 0 aliphatic rings. The molecule has 3 aromatic rings.